The monoisotopic (exact) mass is 241 g/mol. The topological polar surface area (TPSA) is 74.2 Å². The van der Waals surface area contributed by atoms with E-state index >= 15 is 0 Å². The normalized spacial score (nSPS) is 17.1. The lowest BCUT2D eigenvalue weighted by atomic mass is 9.90. The van der Waals surface area contributed by atoms with E-state index in [9.17, 15) is 0 Å². The first kappa shape index (κ1) is 14.1. The zero-order valence-corrected chi connectivity index (χ0v) is 11.3. The lowest BCUT2D eigenvalue weighted by Crippen LogP contribution is -2.28. The quantitative estimate of drug-likeness (QED) is 0.821. The first-order chi connectivity index (χ1) is 7.95. The molecule has 2 N–H and O–H groups in total. The largest absolute Gasteiger partial charge is 0.381 e. The number of nitrogens with zero attached hydrogens (tertiary/aromatic N) is 2. The highest BCUT2D eigenvalue weighted by Crippen LogP contribution is 2.25. The first-order valence-corrected chi connectivity index (χ1v) is 6.06. The highest BCUT2D eigenvalue weighted by molar-refractivity contribution is 4.99. The second-order valence-corrected chi connectivity index (χ2v) is 4.93. The van der Waals surface area contributed by atoms with E-state index in [1.165, 1.54) is 0 Å². The number of ether oxygens (including phenoxy) is 1. The summed E-state index contributed by atoms with van der Waals surface area (Å²) in [6, 6.07) is 0.00292. The number of nitrogens with two attached hydrogens (primary N) is 1. The Kier molecular flexibility index (Phi) is 5.08. The number of methoxy groups -OCH3 is 1. The lowest BCUT2D eigenvalue weighted by molar-refractivity contribution is 0.116. The Labute approximate surface area is 103 Å². The van der Waals surface area contributed by atoms with E-state index in [1.54, 1.807) is 7.11 Å². The molecule has 0 radical (unpaired) electrons. The average molecular weight is 241 g/mol. The minimum Gasteiger partial charge on any atom is -0.381 e. The van der Waals surface area contributed by atoms with Crippen LogP contribution in [0.4, 0.5) is 0 Å². The Morgan fingerprint density at radius 2 is 1.94 bits per heavy atom. The smallest absolute Gasteiger partial charge is 0.231 e. The molecule has 0 fully saturated rings. The molecule has 0 aliphatic rings. The zero-order chi connectivity index (χ0) is 13.0. The standard InChI is InChI=1S/C12H23N3O2/c1-7(2)11(9(4)13)12-14-10(15-17-12)6-8(3)16-5/h7-9,11H,6,13H2,1-5H3. The van der Waals surface area contributed by atoms with Gasteiger partial charge < -0.3 is 15.0 Å². The van der Waals surface area contributed by atoms with E-state index in [4.69, 9.17) is 15.0 Å². The fourth-order valence-corrected chi connectivity index (χ4v) is 1.94. The van der Waals surface area contributed by atoms with Gasteiger partial charge in [0.05, 0.1) is 12.0 Å². The van der Waals surface area contributed by atoms with Crippen LogP contribution in [0.15, 0.2) is 4.52 Å². The van der Waals surface area contributed by atoms with Crippen molar-refractivity contribution in [2.45, 2.75) is 52.2 Å². The summed E-state index contributed by atoms with van der Waals surface area (Å²) in [6.45, 7) is 8.15. The SMILES string of the molecule is COC(C)Cc1noc(C(C(C)C)C(C)N)n1. The van der Waals surface area contributed by atoms with Crippen LogP contribution in [0.5, 0.6) is 0 Å². The molecule has 3 unspecified atom stereocenters. The minimum absolute atomic E-state index is 0.00292. The molecule has 0 aliphatic carbocycles. The van der Waals surface area contributed by atoms with Crippen molar-refractivity contribution in [2.75, 3.05) is 7.11 Å². The van der Waals surface area contributed by atoms with Gasteiger partial charge in [-0.05, 0) is 19.8 Å². The molecule has 0 saturated carbocycles. The molecule has 0 saturated heterocycles. The van der Waals surface area contributed by atoms with Crippen molar-refractivity contribution < 1.29 is 9.26 Å². The highest BCUT2D eigenvalue weighted by atomic mass is 16.5. The summed E-state index contributed by atoms with van der Waals surface area (Å²) in [5.74, 6) is 1.80. The van der Waals surface area contributed by atoms with E-state index in [1.807, 2.05) is 13.8 Å². The molecule has 0 bridgehead atoms. The fraction of sp³-hybridized carbons (Fsp3) is 0.833. The molecule has 0 aromatic carbocycles. The molecule has 5 nitrogen and oxygen atoms in total. The Hall–Kier alpha value is -0.940. The minimum atomic E-state index is 0.00292. The van der Waals surface area contributed by atoms with Crippen molar-refractivity contribution in [2.24, 2.45) is 11.7 Å². The molecule has 17 heavy (non-hydrogen) atoms. The first-order valence-electron chi connectivity index (χ1n) is 6.06. The molecule has 1 rings (SSSR count). The van der Waals surface area contributed by atoms with Gasteiger partial charge in [0, 0.05) is 19.6 Å². The summed E-state index contributed by atoms with van der Waals surface area (Å²) in [4.78, 5) is 4.40. The Morgan fingerprint density at radius 3 is 2.41 bits per heavy atom. The van der Waals surface area contributed by atoms with Crippen molar-refractivity contribution in [1.82, 2.24) is 10.1 Å². The molecular weight excluding hydrogens is 218 g/mol. The Bertz CT molecular complexity index is 328. The predicted molar refractivity (Wildman–Crippen MR) is 65.7 cm³/mol. The molecule has 5 heteroatoms. The van der Waals surface area contributed by atoms with Crippen molar-refractivity contribution in [1.29, 1.82) is 0 Å². The number of hydrogen-bond donors (Lipinski definition) is 1. The Morgan fingerprint density at radius 1 is 1.29 bits per heavy atom. The molecule has 1 aromatic heterocycles. The van der Waals surface area contributed by atoms with E-state index in [2.05, 4.69) is 24.0 Å². The fourth-order valence-electron chi connectivity index (χ4n) is 1.94. The van der Waals surface area contributed by atoms with E-state index < -0.39 is 0 Å². The molecule has 0 aliphatic heterocycles. The third kappa shape index (κ3) is 3.78. The third-order valence-corrected chi connectivity index (χ3v) is 2.93. The maximum atomic E-state index is 5.95. The van der Waals surface area contributed by atoms with E-state index in [-0.39, 0.29) is 18.1 Å². The highest BCUT2D eigenvalue weighted by Gasteiger charge is 2.26. The molecular formula is C12H23N3O2. The van der Waals surface area contributed by atoms with Gasteiger partial charge in [0.25, 0.3) is 0 Å². The van der Waals surface area contributed by atoms with Crippen LogP contribution < -0.4 is 5.73 Å². The van der Waals surface area contributed by atoms with Gasteiger partial charge in [-0.2, -0.15) is 4.98 Å². The second kappa shape index (κ2) is 6.12. The predicted octanol–water partition coefficient (Wildman–Crippen LogP) is 1.73. The van der Waals surface area contributed by atoms with Gasteiger partial charge in [0.15, 0.2) is 5.82 Å². The Balaban J connectivity index is 2.78. The summed E-state index contributed by atoms with van der Waals surface area (Å²) in [5, 5.41) is 3.97. The summed E-state index contributed by atoms with van der Waals surface area (Å²) >= 11 is 0. The molecule has 98 valence electrons. The van der Waals surface area contributed by atoms with Gasteiger partial charge >= 0.3 is 0 Å². The molecule has 3 atom stereocenters. The number of rotatable bonds is 6. The number of hydrogen-bond acceptors (Lipinski definition) is 5. The molecule has 0 amide bonds. The summed E-state index contributed by atoms with van der Waals surface area (Å²) in [7, 11) is 1.67. The van der Waals surface area contributed by atoms with Crippen molar-refractivity contribution in [3.63, 3.8) is 0 Å². The van der Waals surface area contributed by atoms with Crippen molar-refractivity contribution in [3.05, 3.63) is 11.7 Å². The van der Waals surface area contributed by atoms with Crippen molar-refractivity contribution in [3.8, 4) is 0 Å². The van der Waals surface area contributed by atoms with Crippen LogP contribution in [0, 0.1) is 5.92 Å². The van der Waals surface area contributed by atoms with Gasteiger partial charge in [-0.25, -0.2) is 0 Å². The van der Waals surface area contributed by atoms with Gasteiger partial charge in [0.2, 0.25) is 5.89 Å². The maximum Gasteiger partial charge on any atom is 0.231 e. The van der Waals surface area contributed by atoms with E-state index in [0.717, 1.165) is 0 Å². The van der Waals surface area contributed by atoms with Crippen LogP contribution in [-0.4, -0.2) is 29.4 Å². The molecule has 1 aromatic rings. The van der Waals surface area contributed by atoms with Crippen LogP contribution in [0.25, 0.3) is 0 Å². The van der Waals surface area contributed by atoms with Crippen LogP contribution in [0.3, 0.4) is 0 Å². The van der Waals surface area contributed by atoms with Gasteiger partial charge in [0.1, 0.15) is 0 Å². The summed E-state index contributed by atoms with van der Waals surface area (Å²) in [6.07, 6.45) is 0.747. The maximum absolute atomic E-state index is 5.95. The van der Waals surface area contributed by atoms with Gasteiger partial charge in [-0.15, -0.1) is 0 Å². The number of aromatic nitrogens is 2. The zero-order valence-electron chi connectivity index (χ0n) is 11.3. The lowest BCUT2D eigenvalue weighted by Gasteiger charge is -2.20. The summed E-state index contributed by atoms with van der Waals surface area (Å²) < 4.78 is 10.5. The van der Waals surface area contributed by atoms with Gasteiger partial charge in [-0.1, -0.05) is 19.0 Å². The molecule has 0 spiro atoms. The van der Waals surface area contributed by atoms with Crippen LogP contribution >= 0.6 is 0 Å². The molecule has 1 heterocycles. The van der Waals surface area contributed by atoms with Crippen LogP contribution in [0.1, 0.15) is 45.3 Å². The van der Waals surface area contributed by atoms with E-state index in [0.29, 0.717) is 24.1 Å². The van der Waals surface area contributed by atoms with Gasteiger partial charge in [-0.3, -0.25) is 0 Å². The second-order valence-electron chi connectivity index (χ2n) is 4.93. The van der Waals surface area contributed by atoms with Crippen LogP contribution in [0.2, 0.25) is 0 Å². The summed E-state index contributed by atoms with van der Waals surface area (Å²) in [5.41, 5.74) is 5.95. The van der Waals surface area contributed by atoms with Crippen LogP contribution in [-0.2, 0) is 11.2 Å². The third-order valence-electron chi connectivity index (χ3n) is 2.93. The average Bonchev–Trinajstić information content (AvgIpc) is 2.64. The van der Waals surface area contributed by atoms with Crippen molar-refractivity contribution >= 4 is 0 Å².